The summed E-state index contributed by atoms with van der Waals surface area (Å²) in [5, 5.41) is 0. The zero-order chi connectivity index (χ0) is 15.4. The first-order chi connectivity index (χ1) is 9.17. The van der Waals surface area contributed by atoms with Crippen molar-refractivity contribution in [1.82, 2.24) is 4.90 Å². The number of hydrogen-bond donors (Lipinski definition) is 0. The molecule has 1 fully saturated rings. The Kier molecular flexibility index (Phi) is 5.74. The number of carbonyl (C=O) groups excluding carboxylic acids is 1. The van der Waals surface area contributed by atoms with Crippen LogP contribution in [-0.4, -0.2) is 48.3 Å². The fourth-order valence-corrected chi connectivity index (χ4v) is 2.33. The molecule has 0 aromatic heterocycles. The molecule has 20 heavy (non-hydrogen) atoms. The molecule has 0 bridgehead atoms. The van der Waals surface area contributed by atoms with E-state index in [1.807, 2.05) is 6.92 Å². The van der Waals surface area contributed by atoms with Gasteiger partial charge in [-0.05, 0) is 40.0 Å². The predicted molar refractivity (Wildman–Crippen MR) is 72.0 cm³/mol. The first-order valence-electron chi connectivity index (χ1n) is 7.07. The summed E-state index contributed by atoms with van der Waals surface area (Å²) < 4.78 is 35.4. The second-order valence-corrected chi connectivity index (χ2v) is 6.24. The number of carbonyl (C=O) groups is 1. The summed E-state index contributed by atoms with van der Waals surface area (Å²) in [6, 6.07) is 0. The van der Waals surface area contributed by atoms with Crippen molar-refractivity contribution in [3.8, 4) is 0 Å². The van der Waals surface area contributed by atoms with Crippen molar-refractivity contribution in [3.63, 3.8) is 0 Å². The lowest BCUT2D eigenvalue weighted by Crippen LogP contribution is -2.53. The lowest BCUT2D eigenvalue weighted by molar-refractivity contribution is -0.121. The van der Waals surface area contributed by atoms with Crippen molar-refractivity contribution in [1.29, 1.82) is 0 Å². The van der Waals surface area contributed by atoms with Crippen LogP contribution in [0.4, 0.5) is 13.6 Å². The maximum absolute atomic E-state index is 12.3. The molecule has 0 aromatic carbocycles. The number of hydrogen-bond acceptors (Lipinski definition) is 3. The number of nitrogens with zero attached hydrogens (tertiary/aromatic N) is 1. The topological polar surface area (TPSA) is 38.8 Å². The van der Waals surface area contributed by atoms with Gasteiger partial charge in [0.05, 0.1) is 12.1 Å². The van der Waals surface area contributed by atoms with E-state index in [9.17, 15) is 13.6 Å². The Bertz CT molecular complexity index is 331. The average molecular weight is 293 g/mol. The molecule has 1 atom stereocenters. The minimum atomic E-state index is -2.49. The van der Waals surface area contributed by atoms with Crippen molar-refractivity contribution in [2.75, 3.05) is 19.7 Å². The molecular weight excluding hydrogens is 268 g/mol. The van der Waals surface area contributed by atoms with E-state index in [0.29, 0.717) is 25.9 Å². The third-order valence-corrected chi connectivity index (χ3v) is 3.35. The molecule has 0 saturated carbocycles. The molecule has 1 aliphatic heterocycles. The van der Waals surface area contributed by atoms with Crippen LogP contribution in [0.1, 0.15) is 47.0 Å². The maximum atomic E-state index is 12.3. The second-order valence-electron chi connectivity index (χ2n) is 6.24. The van der Waals surface area contributed by atoms with Gasteiger partial charge in [0.1, 0.15) is 12.2 Å². The summed E-state index contributed by atoms with van der Waals surface area (Å²) >= 11 is 0. The van der Waals surface area contributed by atoms with Gasteiger partial charge in [-0.3, -0.25) is 0 Å². The van der Waals surface area contributed by atoms with Crippen LogP contribution in [-0.2, 0) is 9.47 Å². The minimum absolute atomic E-state index is 0.311. The SMILES string of the molecule is CCC1(OCC(F)F)CCCN(C(=O)OC(C)(C)C)C1. The fraction of sp³-hybridized carbons (Fsp3) is 0.929. The van der Waals surface area contributed by atoms with Gasteiger partial charge in [0.15, 0.2) is 0 Å². The van der Waals surface area contributed by atoms with Gasteiger partial charge in [-0.1, -0.05) is 6.92 Å². The lowest BCUT2D eigenvalue weighted by Gasteiger charge is -2.42. The summed E-state index contributed by atoms with van der Waals surface area (Å²) in [4.78, 5) is 13.6. The smallest absolute Gasteiger partial charge is 0.410 e. The standard InChI is InChI=1S/C14H25F2NO3/c1-5-14(19-9-11(15)16)7-6-8-17(10-14)12(18)20-13(2,3)4/h11H,5-10H2,1-4H3. The van der Waals surface area contributed by atoms with Crippen molar-refractivity contribution >= 4 is 6.09 Å². The Hall–Kier alpha value is -0.910. The summed E-state index contributed by atoms with van der Waals surface area (Å²) in [5.41, 5.74) is -1.24. The summed E-state index contributed by atoms with van der Waals surface area (Å²) in [7, 11) is 0. The summed E-state index contributed by atoms with van der Waals surface area (Å²) in [6.45, 7) is 7.60. The minimum Gasteiger partial charge on any atom is -0.444 e. The number of ether oxygens (including phenoxy) is 2. The number of likely N-dealkylation sites (tertiary alicyclic amines) is 1. The van der Waals surface area contributed by atoms with Crippen LogP contribution in [0, 0.1) is 0 Å². The van der Waals surface area contributed by atoms with E-state index in [0.717, 1.165) is 6.42 Å². The van der Waals surface area contributed by atoms with Crippen molar-refractivity contribution in [2.45, 2.75) is 64.6 Å². The number of amides is 1. The Labute approximate surface area is 119 Å². The number of alkyl halides is 2. The van der Waals surface area contributed by atoms with E-state index >= 15 is 0 Å². The monoisotopic (exact) mass is 293 g/mol. The lowest BCUT2D eigenvalue weighted by atomic mass is 9.90. The van der Waals surface area contributed by atoms with Crippen molar-refractivity contribution in [3.05, 3.63) is 0 Å². The van der Waals surface area contributed by atoms with E-state index in [-0.39, 0.29) is 0 Å². The van der Waals surface area contributed by atoms with Gasteiger partial charge in [-0.15, -0.1) is 0 Å². The van der Waals surface area contributed by atoms with Gasteiger partial charge in [0.25, 0.3) is 6.43 Å². The molecular formula is C14H25F2NO3. The van der Waals surface area contributed by atoms with Gasteiger partial charge in [-0.25, -0.2) is 13.6 Å². The molecule has 6 heteroatoms. The van der Waals surface area contributed by atoms with E-state index in [1.165, 1.54) is 0 Å². The van der Waals surface area contributed by atoms with Crippen LogP contribution in [0.5, 0.6) is 0 Å². The van der Waals surface area contributed by atoms with Gasteiger partial charge in [0.2, 0.25) is 0 Å². The van der Waals surface area contributed by atoms with Crippen LogP contribution in [0.2, 0.25) is 0 Å². The number of halogens is 2. The van der Waals surface area contributed by atoms with Gasteiger partial charge < -0.3 is 14.4 Å². The Morgan fingerprint density at radius 3 is 2.55 bits per heavy atom. The van der Waals surface area contributed by atoms with Crippen LogP contribution < -0.4 is 0 Å². The Balaban J connectivity index is 2.65. The molecule has 1 amide bonds. The van der Waals surface area contributed by atoms with Crippen LogP contribution in [0.15, 0.2) is 0 Å². The maximum Gasteiger partial charge on any atom is 0.410 e. The molecule has 0 spiro atoms. The second kappa shape index (κ2) is 6.70. The van der Waals surface area contributed by atoms with E-state index in [4.69, 9.17) is 9.47 Å². The highest BCUT2D eigenvalue weighted by Crippen LogP contribution is 2.29. The zero-order valence-electron chi connectivity index (χ0n) is 12.7. The Morgan fingerprint density at radius 1 is 1.40 bits per heavy atom. The molecule has 1 unspecified atom stereocenters. The molecule has 0 radical (unpaired) electrons. The van der Waals surface area contributed by atoms with Gasteiger partial charge in [0, 0.05) is 6.54 Å². The number of piperidine rings is 1. The quantitative estimate of drug-likeness (QED) is 0.797. The molecule has 1 saturated heterocycles. The van der Waals surface area contributed by atoms with Crippen molar-refractivity contribution < 1.29 is 23.0 Å². The zero-order valence-corrected chi connectivity index (χ0v) is 12.7. The third kappa shape index (κ3) is 5.23. The third-order valence-electron chi connectivity index (χ3n) is 3.35. The van der Waals surface area contributed by atoms with Gasteiger partial charge in [-0.2, -0.15) is 0 Å². The molecule has 0 N–H and O–H groups in total. The van der Waals surface area contributed by atoms with Crippen LogP contribution >= 0.6 is 0 Å². The molecule has 0 aromatic rings. The predicted octanol–water partition coefficient (Wildman–Crippen LogP) is 3.45. The first-order valence-corrected chi connectivity index (χ1v) is 7.07. The summed E-state index contributed by atoms with van der Waals surface area (Å²) in [5.74, 6) is 0. The van der Waals surface area contributed by atoms with Gasteiger partial charge >= 0.3 is 6.09 Å². The van der Waals surface area contributed by atoms with Crippen LogP contribution in [0.3, 0.4) is 0 Å². The highest BCUT2D eigenvalue weighted by Gasteiger charge is 2.38. The van der Waals surface area contributed by atoms with Crippen molar-refractivity contribution in [2.24, 2.45) is 0 Å². The highest BCUT2D eigenvalue weighted by molar-refractivity contribution is 5.68. The fourth-order valence-electron chi connectivity index (χ4n) is 2.33. The number of rotatable bonds is 4. The first kappa shape index (κ1) is 17.1. The molecule has 0 aliphatic carbocycles. The van der Waals surface area contributed by atoms with Crippen LogP contribution in [0.25, 0.3) is 0 Å². The molecule has 1 rings (SSSR count). The molecule has 118 valence electrons. The highest BCUT2D eigenvalue weighted by atomic mass is 19.3. The van der Waals surface area contributed by atoms with E-state index < -0.39 is 30.3 Å². The summed E-state index contributed by atoms with van der Waals surface area (Å²) in [6.07, 6.45) is -0.879. The average Bonchev–Trinajstić information content (AvgIpc) is 2.34. The largest absolute Gasteiger partial charge is 0.444 e. The Morgan fingerprint density at radius 2 is 2.05 bits per heavy atom. The molecule has 1 aliphatic rings. The van der Waals surface area contributed by atoms with E-state index in [1.54, 1.807) is 25.7 Å². The molecule has 1 heterocycles. The van der Waals surface area contributed by atoms with E-state index in [2.05, 4.69) is 0 Å². The molecule has 4 nitrogen and oxygen atoms in total. The normalized spacial score (nSPS) is 24.1.